The second kappa shape index (κ2) is 5.08. The van der Waals surface area contributed by atoms with Crippen molar-refractivity contribution in [1.29, 1.82) is 0 Å². The van der Waals surface area contributed by atoms with Crippen molar-refractivity contribution >= 4 is 7.60 Å². The van der Waals surface area contributed by atoms with Crippen molar-refractivity contribution < 1.29 is 13.6 Å². The van der Waals surface area contributed by atoms with Gasteiger partial charge in [-0.1, -0.05) is 6.08 Å². The van der Waals surface area contributed by atoms with E-state index in [2.05, 4.69) is 11.5 Å². The van der Waals surface area contributed by atoms with E-state index < -0.39 is 7.60 Å². The zero-order valence-corrected chi connectivity index (χ0v) is 9.70. The lowest BCUT2D eigenvalue weighted by Crippen LogP contribution is -2.31. The van der Waals surface area contributed by atoms with Gasteiger partial charge in [0.15, 0.2) is 0 Å². The minimum Gasteiger partial charge on any atom is -0.311 e. The molecule has 0 amide bonds. The molecule has 82 valence electrons. The zero-order chi connectivity index (χ0) is 10.6. The van der Waals surface area contributed by atoms with Crippen molar-refractivity contribution in [3.63, 3.8) is 0 Å². The SMILES string of the molecule is C=CC(N1CCCC1)P(=O)(OC)OC. The Labute approximate surface area is 85.4 Å². The molecule has 1 aliphatic rings. The van der Waals surface area contributed by atoms with Crippen LogP contribution in [-0.2, 0) is 13.6 Å². The summed E-state index contributed by atoms with van der Waals surface area (Å²) in [5.74, 6) is -0.306. The van der Waals surface area contributed by atoms with E-state index in [1.165, 1.54) is 14.2 Å². The molecule has 1 heterocycles. The molecule has 1 atom stereocenters. The van der Waals surface area contributed by atoms with Gasteiger partial charge < -0.3 is 9.05 Å². The van der Waals surface area contributed by atoms with Crippen LogP contribution in [0.25, 0.3) is 0 Å². The van der Waals surface area contributed by atoms with Crippen LogP contribution < -0.4 is 0 Å². The predicted molar refractivity (Wildman–Crippen MR) is 56.4 cm³/mol. The highest BCUT2D eigenvalue weighted by Gasteiger charge is 2.37. The van der Waals surface area contributed by atoms with E-state index in [0.717, 1.165) is 25.9 Å². The lowest BCUT2D eigenvalue weighted by atomic mass is 10.4. The molecule has 0 aromatic rings. The highest BCUT2D eigenvalue weighted by molar-refractivity contribution is 7.54. The fourth-order valence-corrected chi connectivity index (χ4v) is 3.25. The Bertz CT molecular complexity index is 230. The quantitative estimate of drug-likeness (QED) is 0.524. The summed E-state index contributed by atoms with van der Waals surface area (Å²) in [5.41, 5.74) is 0. The molecule has 1 rings (SSSR count). The predicted octanol–water partition coefficient (Wildman–Crippen LogP) is 2.08. The molecular weight excluding hydrogens is 201 g/mol. The van der Waals surface area contributed by atoms with Gasteiger partial charge in [0.2, 0.25) is 0 Å². The molecule has 0 bridgehead atoms. The second-order valence-electron chi connectivity index (χ2n) is 3.30. The summed E-state index contributed by atoms with van der Waals surface area (Å²) in [6.07, 6.45) is 3.93. The van der Waals surface area contributed by atoms with Crippen molar-refractivity contribution in [2.24, 2.45) is 0 Å². The standard InChI is InChI=1S/C9H18NO3P/c1-4-9(10-7-5-6-8-10)14(11,12-2)13-3/h4,9H,1,5-8H2,2-3H3. The molecular formula is C9H18NO3P. The topological polar surface area (TPSA) is 38.8 Å². The minimum absolute atomic E-state index is 0.306. The summed E-state index contributed by atoms with van der Waals surface area (Å²) in [4.78, 5) is 2.10. The zero-order valence-electron chi connectivity index (χ0n) is 8.81. The first-order valence-electron chi connectivity index (χ1n) is 4.75. The van der Waals surface area contributed by atoms with Gasteiger partial charge in [0.05, 0.1) is 0 Å². The molecule has 5 heteroatoms. The van der Waals surface area contributed by atoms with E-state index >= 15 is 0 Å². The average molecular weight is 219 g/mol. The monoisotopic (exact) mass is 219 g/mol. The van der Waals surface area contributed by atoms with Crippen LogP contribution in [-0.4, -0.2) is 38.0 Å². The molecule has 1 fully saturated rings. The molecule has 0 spiro atoms. The number of likely N-dealkylation sites (tertiary alicyclic amines) is 1. The minimum atomic E-state index is -3.03. The van der Waals surface area contributed by atoms with Crippen molar-refractivity contribution in [3.8, 4) is 0 Å². The van der Waals surface area contributed by atoms with Crippen molar-refractivity contribution in [3.05, 3.63) is 12.7 Å². The van der Waals surface area contributed by atoms with Crippen LogP contribution in [0, 0.1) is 0 Å². The number of nitrogens with zero attached hydrogens (tertiary/aromatic N) is 1. The van der Waals surface area contributed by atoms with Crippen LogP contribution in [0.2, 0.25) is 0 Å². The Morgan fingerprint density at radius 3 is 2.21 bits per heavy atom. The van der Waals surface area contributed by atoms with E-state index in [0.29, 0.717) is 0 Å². The molecule has 0 saturated carbocycles. The molecule has 1 unspecified atom stereocenters. The van der Waals surface area contributed by atoms with Gasteiger partial charge in [-0.15, -0.1) is 6.58 Å². The average Bonchev–Trinajstić information content (AvgIpc) is 2.72. The van der Waals surface area contributed by atoms with Gasteiger partial charge in [-0.3, -0.25) is 9.46 Å². The normalized spacial score (nSPS) is 21.0. The van der Waals surface area contributed by atoms with E-state index in [-0.39, 0.29) is 5.78 Å². The van der Waals surface area contributed by atoms with Crippen molar-refractivity contribution in [2.45, 2.75) is 18.6 Å². The Kier molecular flexibility index (Phi) is 4.32. The summed E-state index contributed by atoms with van der Waals surface area (Å²) in [7, 11) is -0.206. The van der Waals surface area contributed by atoms with Gasteiger partial charge in [-0.2, -0.15) is 0 Å². The summed E-state index contributed by atoms with van der Waals surface area (Å²) < 4.78 is 22.1. The maximum Gasteiger partial charge on any atom is 0.351 e. The second-order valence-corrected chi connectivity index (χ2v) is 5.64. The summed E-state index contributed by atoms with van der Waals surface area (Å²) >= 11 is 0. The Morgan fingerprint density at radius 1 is 1.36 bits per heavy atom. The van der Waals surface area contributed by atoms with Gasteiger partial charge in [-0.25, -0.2) is 0 Å². The number of rotatable bonds is 5. The van der Waals surface area contributed by atoms with Crippen molar-refractivity contribution in [2.75, 3.05) is 27.3 Å². The molecule has 4 nitrogen and oxygen atoms in total. The molecule has 1 saturated heterocycles. The van der Waals surface area contributed by atoms with Crippen LogP contribution in [0.3, 0.4) is 0 Å². The third-order valence-electron chi connectivity index (χ3n) is 2.56. The first kappa shape index (κ1) is 11.9. The van der Waals surface area contributed by atoms with Gasteiger partial charge in [0.1, 0.15) is 5.78 Å². The van der Waals surface area contributed by atoms with E-state index in [1.807, 2.05) is 0 Å². The molecule has 1 aliphatic heterocycles. The lowest BCUT2D eigenvalue weighted by molar-refractivity contribution is 0.228. The molecule has 14 heavy (non-hydrogen) atoms. The van der Waals surface area contributed by atoms with E-state index in [9.17, 15) is 4.57 Å². The third-order valence-corrected chi connectivity index (χ3v) is 4.76. The summed E-state index contributed by atoms with van der Waals surface area (Å²) in [5, 5.41) is 0. The molecule has 0 N–H and O–H groups in total. The van der Waals surface area contributed by atoms with Crippen LogP contribution in [0.15, 0.2) is 12.7 Å². The van der Waals surface area contributed by atoms with Gasteiger partial charge >= 0.3 is 7.60 Å². The Morgan fingerprint density at radius 2 is 1.86 bits per heavy atom. The van der Waals surface area contributed by atoms with Gasteiger partial charge in [-0.05, 0) is 25.9 Å². The van der Waals surface area contributed by atoms with Crippen LogP contribution in [0.5, 0.6) is 0 Å². The van der Waals surface area contributed by atoms with E-state index in [4.69, 9.17) is 9.05 Å². The maximum atomic E-state index is 12.1. The molecule has 0 aromatic carbocycles. The molecule has 0 radical (unpaired) electrons. The highest BCUT2D eigenvalue weighted by Crippen LogP contribution is 2.53. The van der Waals surface area contributed by atoms with Crippen molar-refractivity contribution in [1.82, 2.24) is 4.90 Å². The number of hydrogen-bond donors (Lipinski definition) is 0. The van der Waals surface area contributed by atoms with Crippen LogP contribution in [0.4, 0.5) is 0 Å². The van der Waals surface area contributed by atoms with E-state index in [1.54, 1.807) is 6.08 Å². The largest absolute Gasteiger partial charge is 0.351 e. The maximum absolute atomic E-state index is 12.1. The first-order valence-corrected chi connectivity index (χ1v) is 6.37. The fraction of sp³-hybridized carbons (Fsp3) is 0.778. The van der Waals surface area contributed by atoms with Crippen LogP contribution >= 0.6 is 7.60 Å². The fourth-order valence-electron chi connectivity index (χ4n) is 1.77. The smallest absolute Gasteiger partial charge is 0.311 e. The van der Waals surface area contributed by atoms with Gasteiger partial charge in [0, 0.05) is 14.2 Å². The first-order chi connectivity index (χ1) is 6.68. The molecule has 0 aromatic heterocycles. The van der Waals surface area contributed by atoms with Crippen LogP contribution in [0.1, 0.15) is 12.8 Å². The number of hydrogen-bond acceptors (Lipinski definition) is 4. The highest BCUT2D eigenvalue weighted by atomic mass is 31.2. The Hall–Kier alpha value is -0.150. The van der Waals surface area contributed by atoms with Gasteiger partial charge in [0.25, 0.3) is 0 Å². The molecule has 0 aliphatic carbocycles. The summed E-state index contributed by atoms with van der Waals surface area (Å²) in [6, 6.07) is 0. The Balaban J connectivity index is 2.77. The third kappa shape index (κ3) is 2.26. The summed E-state index contributed by atoms with van der Waals surface area (Å²) in [6.45, 7) is 5.57. The lowest BCUT2D eigenvalue weighted by Gasteiger charge is -2.29.